The van der Waals surface area contributed by atoms with E-state index in [1.54, 1.807) is 4.90 Å². The summed E-state index contributed by atoms with van der Waals surface area (Å²) in [6.07, 6.45) is 7.28. The lowest BCUT2D eigenvalue weighted by Crippen LogP contribution is -2.40. The number of aliphatic hydroxyl groups excluding tert-OH is 2. The quantitative estimate of drug-likeness (QED) is 0.638. The molecule has 2 rings (SSSR count). The summed E-state index contributed by atoms with van der Waals surface area (Å²) >= 11 is 0. The highest BCUT2D eigenvalue weighted by molar-refractivity contribution is 5.89. The summed E-state index contributed by atoms with van der Waals surface area (Å²) in [5, 5.41) is 14.0. The summed E-state index contributed by atoms with van der Waals surface area (Å²) < 4.78 is 0. The molecule has 30 heavy (non-hydrogen) atoms. The van der Waals surface area contributed by atoms with E-state index in [1.807, 2.05) is 13.8 Å². The second kappa shape index (κ2) is 20.5. The average molecular weight is 424 g/mol. The van der Waals surface area contributed by atoms with Gasteiger partial charge in [0.15, 0.2) is 5.78 Å². The number of carbonyl (C=O) groups excluding carboxylic acids is 2. The Kier molecular flexibility index (Phi) is 20.9. The Bertz CT molecular complexity index is 509. The van der Waals surface area contributed by atoms with Crippen LogP contribution in [0.4, 0.5) is 0 Å². The Morgan fingerprint density at radius 3 is 2.07 bits per heavy atom. The third kappa shape index (κ3) is 12.8. The van der Waals surface area contributed by atoms with Gasteiger partial charge in [0.1, 0.15) is 0 Å². The SMILES string of the molecule is CCC(C)Cc1ccccc1.CCCC(=O)C1CCCN1C(=O)CCC.CO.CO. The highest BCUT2D eigenvalue weighted by Crippen LogP contribution is 2.21. The number of ketones is 1. The molecule has 2 atom stereocenters. The lowest BCUT2D eigenvalue weighted by molar-refractivity contribution is -0.137. The molecule has 1 saturated heterocycles. The van der Waals surface area contributed by atoms with Gasteiger partial charge >= 0.3 is 0 Å². The molecule has 1 aromatic rings. The summed E-state index contributed by atoms with van der Waals surface area (Å²) in [5.74, 6) is 1.22. The number of rotatable bonds is 8. The van der Waals surface area contributed by atoms with Crippen LogP contribution in [0.25, 0.3) is 0 Å². The van der Waals surface area contributed by atoms with Crippen molar-refractivity contribution in [2.45, 2.75) is 85.1 Å². The van der Waals surface area contributed by atoms with E-state index < -0.39 is 0 Å². The predicted octanol–water partition coefficient (Wildman–Crippen LogP) is 4.64. The molecule has 1 amide bonds. The van der Waals surface area contributed by atoms with E-state index in [0.717, 1.165) is 52.4 Å². The standard InChI is InChI=1S/C12H21NO2.C11H16.2CH4O/c1-3-6-11(14)10-8-5-9-13(10)12(15)7-4-2;1-3-10(2)9-11-7-5-4-6-8-11;2*1-2/h10H,3-9H2,1-2H3;4-8,10H,3,9H2,1-2H3;2*2H,1H3. The topological polar surface area (TPSA) is 77.8 Å². The first kappa shape index (κ1) is 30.5. The number of Topliss-reactive ketones (excluding diaryl/α,β-unsaturated/α-hetero) is 1. The Morgan fingerprint density at radius 2 is 1.57 bits per heavy atom. The first-order valence-electron chi connectivity index (χ1n) is 11.3. The van der Waals surface area contributed by atoms with Crippen molar-refractivity contribution in [1.82, 2.24) is 4.90 Å². The number of hydrogen-bond acceptors (Lipinski definition) is 4. The van der Waals surface area contributed by atoms with Crippen LogP contribution in [0.3, 0.4) is 0 Å². The fraction of sp³-hybridized carbons (Fsp3) is 0.680. The summed E-state index contributed by atoms with van der Waals surface area (Å²) in [6, 6.07) is 10.6. The average Bonchev–Trinajstić information content (AvgIpc) is 3.28. The van der Waals surface area contributed by atoms with Gasteiger partial charge in [-0.05, 0) is 43.6 Å². The normalized spacial score (nSPS) is 15.5. The number of nitrogens with zero attached hydrogens (tertiary/aromatic N) is 1. The van der Waals surface area contributed by atoms with Crippen LogP contribution in [-0.4, -0.2) is 53.6 Å². The molecule has 0 aliphatic carbocycles. The van der Waals surface area contributed by atoms with Crippen LogP contribution in [0, 0.1) is 5.92 Å². The van der Waals surface area contributed by atoms with Gasteiger partial charge in [-0.3, -0.25) is 9.59 Å². The van der Waals surface area contributed by atoms with E-state index in [9.17, 15) is 9.59 Å². The van der Waals surface area contributed by atoms with Crippen LogP contribution in [0.15, 0.2) is 30.3 Å². The van der Waals surface area contributed by atoms with Crippen LogP contribution in [0.5, 0.6) is 0 Å². The van der Waals surface area contributed by atoms with E-state index in [2.05, 4.69) is 44.2 Å². The highest BCUT2D eigenvalue weighted by Gasteiger charge is 2.32. The second-order valence-electron chi connectivity index (χ2n) is 7.41. The predicted molar refractivity (Wildman–Crippen MR) is 125 cm³/mol. The lowest BCUT2D eigenvalue weighted by atomic mass is 9.99. The number of carbonyl (C=O) groups is 2. The van der Waals surface area contributed by atoms with Crippen LogP contribution in [-0.2, 0) is 16.0 Å². The Morgan fingerprint density at radius 1 is 1.00 bits per heavy atom. The number of benzene rings is 1. The van der Waals surface area contributed by atoms with Crippen molar-refractivity contribution in [3.63, 3.8) is 0 Å². The summed E-state index contributed by atoms with van der Waals surface area (Å²) in [6.45, 7) is 9.32. The minimum Gasteiger partial charge on any atom is -0.400 e. The molecule has 1 aliphatic heterocycles. The molecular formula is C25H45NO4. The molecule has 2 N–H and O–H groups in total. The van der Waals surface area contributed by atoms with Gasteiger partial charge in [0, 0.05) is 33.6 Å². The molecule has 5 heteroatoms. The van der Waals surface area contributed by atoms with Crippen molar-refractivity contribution < 1.29 is 19.8 Å². The van der Waals surface area contributed by atoms with E-state index in [-0.39, 0.29) is 17.7 Å². The van der Waals surface area contributed by atoms with Crippen LogP contribution < -0.4 is 0 Å². The van der Waals surface area contributed by atoms with Crippen molar-refractivity contribution in [2.75, 3.05) is 20.8 Å². The van der Waals surface area contributed by atoms with E-state index in [1.165, 1.54) is 18.4 Å². The first-order chi connectivity index (χ1) is 14.5. The number of amides is 1. The molecule has 174 valence electrons. The van der Waals surface area contributed by atoms with Crippen LogP contribution >= 0.6 is 0 Å². The number of likely N-dealkylation sites (tertiary alicyclic amines) is 1. The lowest BCUT2D eigenvalue weighted by Gasteiger charge is -2.23. The molecule has 2 unspecified atom stereocenters. The molecule has 0 radical (unpaired) electrons. The molecule has 0 spiro atoms. The zero-order valence-electron chi connectivity index (χ0n) is 20.1. The van der Waals surface area contributed by atoms with Crippen molar-refractivity contribution in [1.29, 1.82) is 0 Å². The van der Waals surface area contributed by atoms with Gasteiger partial charge in [-0.1, -0.05) is 64.4 Å². The monoisotopic (exact) mass is 423 g/mol. The van der Waals surface area contributed by atoms with Gasteiger partial charge in [0.2, 0.25) is 5.91 Å². The summed E-state index contributed by atoms with van der Waals surface area (Å²) in [4.78, 5) is 25.3. The van der Waals surface area contributed by atoms with Crippen molar-refractivity contribution >= 4 is 11.7 Å². The molecule has 1 aromatic carbocycles. The summed E-state index contributed by atoms with van der Waals surface area (Å²) in [5.41, 5.74) is 1.46. The van der Waals surface area contributed by atoms with E-state index in [0.29, 0.717) is 12.8 Å². The fourth-order valence-corrected chi connectivity index (χ4v) is 3.33. The molecule has 0 bridgehead atoms. The molecule has 5 nitrogen and oxygen atoms in total. The first-order valence-corrected chi connectivity index (χ1v) is 11.3. The zero-order valence-corrected chi connectivity index (χ0v) is 20.1. The third-order valence-electron chi connectivity index (χ3n) is 5.03. The van der Waals surface area contributed by atoms with Gasteiger partial charge < -0.3 is 15.1 Å². The van der Waals surface area contributed by atoms with E-state index in [4.69, 9.17) is 10.2 Å². The zero-order chi connectivity index (χ0) is 23.4. The molecule has 0 saturated carbocycles. The second-order valence-corrected chi connectivity index (χ2v) is 7.41. The van der Waals surface area contributed by atoms with Gasteiger partial charge in [-0.15, -0.1) is 0 Å². The van der Waals surface area contributed by atoms with Crippen LogP contribution in [0.1, 0.15) is 78.2 Å². The Labute approximate surface area is 184 Å². The molecular weight excluding hydrogens is 378 g/mol. The maximum atomic E-state index is 11.8. The molecule has 1 heterocycles. The van der Waals surface area contributed by atoms with Gasteiger partial charge in [-0.25, -0.2) is 0 Å². The third-order valence-corrected chi connectivity index (χ3v) is 5.03. The smallest absolute Gasteiger partial charge is 0.223 e. The Balaban J connectivity index is 0. The maximum absolute atomic E-state index is 11.8. The highest BCUT2D eigenvalue weighted by atomic mass is 16.2. The minimum atomic E-state index is -0.107. The largest absolute Gasteiger partial charge is 0.400 e. The van der Waals surface area contributed by atoms with Gasteiger partial charge in [0.25, 0.3) is 0 Å². The number of hydrogen-bond donors (Lipinski definition) is 2. The van der Waals surface area contributed by atoms with Crippen molar-refractivity contribution in [3.05, 3.63) is 35.9 Å². The maximum Gasteiger partial charge on any atom is 0.223 e. The Hall–Kier alpha value is -1.72. The van der Waals surface area contributed by atoms with E-state index >= 15 is 0 Å². The van der Waals surface area contributed by atoms with Gasteiger partial charge in [0.05, 0.1) is 6.04 Å². The van der Waals surface area contributed by atoms with Crippen molar-refractivity contribution in [2.24, 2.45) is 5.92 Å². The molecule has 1 fully saturated rings. The summed E-state index contributed by atoms with van der Waals surface area (Å²) in [7, 11) is 2.00. The molecule has 1 aliphatic rings. The number of aliphatic hydroxyl groups is 2. The fourth-order valence-electron chi connectivity index (χ4n) is 3.33. The van der Waals surface area contributed by atoms with Gasteiger partial charge in [-0.2, -0.15) is 0 Å². The van der Waals surface area contributed by atoms with Crippen molar-refractivity contribution in [3.8, 4) is 0 Å². The molecule has 0 aromatic heterocycles. The minimum absolute atomic E-state index is 0.107. The van der Waals surface area contributed by atoms with Crippen LogP contribution in [0.2, 0.25) is 0 Å².